The van der Waals surface area contributed by atoms with Crippen LogP contribution in [0.3, 0.4) is 0 Å². The Bertz CT molecular complexity index is 705. The zero-order valence-electron chi connectivity index (χ0n) is 12.6. The Balaban J connectivity index is 1.42. The maximum absolute atomic E-state index is 11.8. The number of ether oxygens (including phenoxy) is 2. The highest BCUT2D eigenvalue weighted by Gasteiger charge is 2.32. The summed E-state index contributed by atoms with van der Waals surface area (Å²) in [5.74, 6) is 0.279. The van der Waals surface area contributed by atoms with Gasteiger partial charge in [-0.1, -0.05) is 11.6 Å². The van der Waals surface area contributed by atoms with E-state index in [2.05, 4.69) is 5.32 Å². The van der Waals surface area contributed by atoms with E-state index in [1.807, 2.05) is 17.5 Å². The number of carbonyl (C=O) groups excluding carboxylic acids is 2. The lowest BCUT2D eigenvalue weighted by Crippen LogP contribution is -2.37. The van der Waals surface area contributed by atoms with E-state index >= 15 is 0 Å². The number of amides is 2. The standard InChI is InChI=1S/C16H15ClN2O4S/c17-11-3-5-12(6-4-11)22-10-14(20)18-8-13-9-19(16(21)23-13)15-2-1-7-24-15/h1-7,13H,8-10H2,(H,18,20). The molecular formula is C16H15ClN2O4S. The van der Waals surface area contributed by atoms with Gasteiger partial charge in [0.05, 0.1) is 13.1 Å². The Morgan fingerprint density at radius 2 is 2.17 bits per heavy atom. The molecule has 24 heavy (non-hydrogen) atoms. The third-order valence-electron chi connectivity index (χ3n) is 3.36. The molecular weight excluding hydrogens is 352 g/mol. The number of hydrogen-bond acceptors (Lipinski definition) is 5. The Labute approximate surface area is 147 Å². The molecule has 1 atom stereocenters. The monoisotopic (exact) mass is 366 g/mol. The summed E-state index contributed by atoms with van der Waals surface area (Å²) in [5, 5.41) is 6.03. The average molecular weight is 367 g/mol. The fourth-order valence-corrected chi connectivity index (χ4v) is 3.05. The third kappa shape index (κ3) is 4.18. The number of rotatable bonds is 6. The van der Waals surface area contributed by atoms with Gasteiger partial charge in [0.2, 0.25) is 0 Å². The summed E-state index contributed by atoms with van der Waals surface area (Å²) in [6, 6.07) is 10.5. The number of nitrogens with zero attached hydrogens (tertiary/aromatic N) is 1. The topological polar surface area (TPSA) is 67.9 Å². The first-order valence-electron chi connectivity index (χ1n) is 7.28. The van der Waals surface area contributed by atoms with Crippen LogP contribution in [0.4, 0.5) is 9.80 Å². The van der Waals surface area contributed by atoms with Crippen molar-refractivity contribution in [3.63, 3.8) is 0 Å². The maximum Gasteiger partial charge on any atom is 0.415 e. The van der Waals surface area contributed by atoms with E-state index in [0.717, 1.165) is 5.00 Å². The van der Waals surface area contributed by atoms with E-state index in [9.17, 15) is 9.59 Å². The molecule has 1 aliphatic heterocycles. The highest BCUT2D eigenvalue weighted by Crippen LogP contribution is 2.26. The van der Waals surface area contributed by atoms with E-state index in [-0.39, 0.29) is 25.2 Å². The SMILES string of the molecule is O=C(COc1ccc(Cl)cc1)NCC1CN(c2cccs2)C(=O)O1. The number of benzene rings is 1. The van der Waals surface area contributed by atoms with Crippen LogP contribution in [-0.4, -0.2) is 37.8 Å². The Morgan fingerprint density at radius 3 is 2.88 bits per heavy atom. The predicted octanol–water partition coefficient (Wildman–Crippen LogP) is 2.92. The van der Waals surface area contributed by atoms with Gasteiger partial charge in [0, 0.05) is 5.02 Å². The molecule has 0 radical (unpaired) electrons. The van der Waals surface area contributed by atoms with Gasteiger partial charge >= 0.3 is 6.09 Å². The molecule has 6 nitrogen and oxygen atoms in total. The molecule has 1 aromatic carbocycles. The Hall–Kier alpha value is -2.25. The first kappa shape index (κ1) is 16.6. The summed E-state index contributed by atoms with van der Waals surface area (Å²) in [4.78, 5) is 25.2. The molecule has 2 amide bonds. The lowest BCUT2D eigenvalue weighted by Gasteiger charge is -2.11. The Kier molecular flexibility index (Phi) is 5.22. The van der Waals surface area contributed by atoms with Gasteiger partial charge in [-0.25, -0.2) is 4.79 Å². The van der Waals surface area contributed by atoms with Gasteiger partial charge in [-0.05, 0) is 41.8 Å². The minimum absolute atomic E-state index is 0.114. The van der Waals surface area contributed by atoms with Gasteiger partial charge < -0.3 is 14.8 Å². The fraction of sp³-hybridized carbons (Fsp3) is 0.250. The van der Waals surface area contributed by atoms with E-state index < -0.39 is 6.09 Å². The van der Waals surface area contributed by atoms with Crippen LogP contribution in [0.25, 0.3) is 0 Å². The van der Waals surface area contributed by atoms with Crippen LogP contribution in [0.1, 0.15) is 0 Å². The van der Waals surface area contributed by atoms with E-state index in [1.54, 1.807) is 29.2 Å². The zero-order valence-corrected chi connectivity index (χ0v) is 14.2. The van der Waals surface area contributed by atoms with Gasteiger partial charge in [-0.15, -0.1) is 11.3 Å². The van der Waals surface area contributed by atoms with Crippen molar-refractivity contribution in [2.24, 2.45) is 0 Å². The van der Waals surface area contributed by atoms with Gasteiger partial charge in [-0.3, -0.25) is 9.69 Å². The summed E-state index contributed by atoms with van der Waals surface area (Å²) in [6.07, 6.45) is -0.770. The highest BCUT2D eigenvalue weighted by molar-refractivity contribution is 7.14. The third-order valence-corrected chi connectivity index (χ3v) is 4.50. The zero-order chi connectivity index (χ0) is 16.9. The van der Waals surface area contributed by atoms with Crippen molar-refractivity contribution < 1.29 is 19.1 Å². The molecule has 0 bridgehead atoms. The number of cyclic esters (lactones) is 1. The van der Waals surface area contributed by atoms with Crippen molar-refractivity contribution in [3.8, 4) is 5.75 Å². The van der Waals surface area contributed by atoms with Gasteiger partial charge in [-0.2, -0.15) is 0 Å². The second kappa shape index (κ2) is 7.55. The molecule has 2 aromatic rings. The number of halogens is 1. The van der Waals surface area contributed by atoms with Crippen molar-refractivity contribution in [3.05, 3.63) is 46.8 Å². The maximum atomic E-state index is 11.8. The highest BCUT2D eigenvalue weighted by atomic mass is 35.5. The van der Waals surface area contributed by atoms with Crippen LogP contribution < -0.4 is 15.0 Å². The minimum atomic E-state index is -0.394. The molecule has 1 aromatic heterocycles. The fourth-order valence-electron chi connectivity index (χ4n) is 2.19. The van der Waals surface area contributed by atoms with Crippen molar-refractivity contribution in [1.29, 1.82) is 0 Å². The number of hydrogen-bond donors (Lipinski definition) is 1. The van der Waals surface area contributed by atoms with Crippen LogP contribution in [0, 0.1) is 0 Å². The molecule has 2 heterocycles. The van der Waals surface area contributed by atoms with Crippen molar-refractivity contribution in [2.45, 2.75) is 6.10 Å². The quantitative estimate of drug-likeness (QED) is 0.853. The summed E-state index contributed by atoms with van der Waals surface area (Å²) in [7, 11) is 0. The van der Waals surface area contributed by atoms with E-state index in [0.29, 0.717) is 17.3 Å². The number of carbonyl (C=O) groups is 2. The molecule has 0 saturated carbocycles. The van der Waals surface area contributed by atoms with Crippen molar-refractivity contribution in [2.75, 3.05) is 24.6 Å². The van der Waals surface area contributed by atoms with Crippen LogP contribution >= 0.6 is 22.9 Å². The van der Waals surface area contributed by atoms with Crippen LogP contribution in [0.5, 0.6) is 5.75 Å². The molecule has 126 valence electrons. The minimum Gasteiger partial charge on any atom is -0.484 e. The molecule has 1 aliphatic rings. The number of anilines is 1. The predicted molar refractivity (Wildman–Crippen MR) is 91.9 cm³/mol. The molecule has 1 N–H and O–H groups in total. The summed E-state index contributed by atoms with van der Waals surface area (Å²) >= 11 is 7.24. The van der Waals surface area contributed by atoms with Crippen LogP contribution in [0.15, 0.2) is 41.8 Å². The van der Waals surface area contributed by atoms with Crippen molar-refractivity contribution >= 4 is 39.9 Å². The van der Waals surface area contributed by atoms with Gasteiger partial charge in [0.15, 0.2) is 6.61 Å². The molecule has 3 rings (SSSR count). The summed E-state index contributed by atoms with van der Waals surface area (Å²) < 4.78 is 10.6. The lowest BCUT2D eigenvalue weighted by atomic mass is 10.3. The number of thiophene rings is 1. The van der Waals surface area contributed by atoms with Gasteiger partial charge in [0.25, 0.3) is 5.91 Å². The normalized spacial score (nSPS) is 16.8. The second-order valence-corrected chi connectivity index (χ2v) is 6.48. The molecule has 0 aliphatic carbocycles. The van der Waals surface area contributed by atoms with Crippen LogP contribution in [0.2, 0.25) is 5.02 Å². The molecule has 0 spiro atoms. The number of nitrogens with one attached hydrogen (secondary N) is 1. The smallest absolute Gasteiger partial charge is 0.415 e. The molecule has 1 saturated heterocycles. The second-order valence-electron chi connectivity index (χ2n) is 5.11. The average Bonchev–Trinajstić information content (AvgIpc) is 3.21. The first-order chi connectivity index (χ1) is 11.6. The Morgan fingerprint density at radius 1 is 1.38 bits per heavy atom. The summed E-state index contributed by atoms with van der Waals surface area (Å²) in [6.45, 7) is 0.547. The summed E-state index contributed by atoms with van der Waals surface area (Å²) in [5.41, 5.74) is 0. The molecule has 1 fully saturated rings. The van der Waals surface area contributed by atoms with E-state index in [4.69, 9.17) is 21.1 Å². The largest absolute Gasteiger partial charge is 0.484 e. The van der Waals surface area contributed by atoms with Gasteiger partial charge in [0.1, 0.15) is 16.9 Å². The van der Waals surface area contributed by atoms with Crippen molar-refractivity contribution in [1.82, 2.24) is 5.32 Å². The van der Waals surface area contributed by atoms with Crippen LogP contribution in [-0.2, 0) is 9.53 Å². The lowest BCUT2D eigenvalue weighted by molar-refractivity contribution is -0.123. The molecule has 1 unspecified atom stereocenters. The molecule has 8 heteroatoms. The first-order valence-corrected chi connectivity index (χ1v) is 8.54. The van der Waals surface area contributed by atoms with E-state index in [1.165, 1.54) is 11.3 Å².